The number of fused-ring (bicyclic) bond motifs is 1. The van der Waals surface area contributed by atoms with Crippen molar-refractivity contribution in [3.63, 3.8) is 0 Å². The third-order valence-corrected chi connectivity index (χ3v) is 7.76. The minimum Gasteiger partial charge on any atom is -0.300 e. The van der Waals surface area contributed by atoms with Gasteiger partial charge in [-0.25, -0.2) is 0 Å². The second kappa shape index (κ2) is 16.4. The van der Waals surface area contributed by atoms with Crippen LogP contribution < -0.4 is 0 Å². The summed E-state index contributed by atoms with van der Waals surface area (Å²) in [6.45, 7) is 12.1. The van der Waals surface area contributed by atoms with Gasteiger partial charge in [0.05, 0.1) is 6.42 Å². The van der Waals surface area contributed by atoms with Crippen molar-refractivity contribution >= 4 is 22.9 Å². The standard InChI is InChI=1S/C32H42O3.C3H8/c1-5-13-26(28(6-2)30(34)18-22(3)33)19-24-20-27-16-17-29(23(4)32(27)31(35)21-24)25-14-11-9-7-8-10-12-15-25;1-3-2/h7-10,14,16-17,24,26,28H,5-6,11-13,15,18-21H2,1-4H3;3H2,1-2H3/b9-7-,10-8-,25-14?;. The second-order valence-corrected chi connectivity index (χ2v) is 11.2. The van der Waals surface area contributed by atoms with E-state index in [1.54, 1.807) is 0 Å². The maximum Gasteiger partial charge on any atom is 0.163 e. The first kappa shape index (κ1) is 31.7. The summed E-state index contributed by atoms with van der Waals surface area (Å²) >= 11 is 0. The van der Waals surface area contributed by atoms with Gasteiger partial charge in [0.2, 0.25) is 0 Å². The Balaban J connectivity index is 0.00000161. The van der Waals surface area contributed by atoms with Crippen molar-refractivity contribution in [2.24, 2.45) is 17.8 Å². The Morgan fingerprint density at radius 2 is 1.74 bits per heavy atom. The predicted molar refractivity (Wildman–Crippen MR) is 160 cm³/mol. The van der Waals surface area contributed by atoms with Gasteiger partial charge < -0.3 is 0 Å². The summed E-state index contributed by atoms with van der Waals surface area (Å²) in [5.74, 6) is 0.681. The van der Waals surface area contributed by atoms with Crippen LogP contribution in [0.2, 0.25) is 0 Å². The highest BCUT2D eigenvalue weighted by Gasteiger charge is 2.33. The third kappa shape index (κ3) is 9.03. The molecule has 0 heterocycles. The van der Waals surface area contributed by atoms with Crippen LogP contribution in [-0.4, -0.2) is 17.3 Å². The van der Waals surface area contributed by atoms with E-state index in [9.17, 15) is 14.4 Å². The Hall–Kier alpha value is -2.55. The van der Waals surface area contributed by atoms with Gasteiger partial charge in [0.25, 0.3) is 0 Å². The summed E-state index contributed by atoms with van der Waals surface area (Å²) in [6, 6.07) is 4.39. The molecule has 2 aliphatic carbocycles. The Bertz CT molecular complexity index is 1040. The molecular weight excluding hydrogens is 468 g/mol. The van der Waals surface area contributed by atoms with Crippen LogP contribution in [0.5, 0.6) is 0 Å². The first-order valence-corrected chi connectivity index (χ1v) is 15.0. The molecule has 0 amide bonds. The summed E-state index contributed by atoms with van der Waals surface area (Å²) in [5.41, 5.74) is 5.75. The first-order valence-electron chi connectivity index (χ1n) is 15.0. The lowest BCUT2D eigenvalue weighted by Crippen LogP contribution is -2.30. The molecule has 0 saturated carbocycles. The van der Waals surface area contributed by atoms with Crippen molar-refractivity contribution < 1.29 is 14.4 Å². The molecule has 0 radical (unpaired) electrons. The number of carbonyl (C=O) groups is 3. The fourth-order valence-corrected chi connectivity index (χ4v) is 6.20. The summed E-state index contributed by atoms with van der Waals surface area (Å²) < 4.78 is 0. The molecule has 0 fully saturated rings. The molecule has 1 aromatic carbocycles. The molecule has 3 unspecified atom stereocenters. The first-order chi connectivity index (χ1) is 18.3. The lowest BCUT2D eigenvalue weighted by Gasteiger charge is -2.32. The molecule has 0 spiro atoms. The number of rotatable bonds is 10. The average molecular weight is 519 g/mol. The monoisotopic (exact) mass is 518 g/mol. The number of hydrogen-bond acceptors (Lipinski definition) is 3. The van der Waals surface area contributed by atoms with Crippen LogP contribution in [-0.2, 0) is 16.0 Å². The average Bonchev–Trinajstić information content (AvgIpc) is 2.99. The molecule has 0 N–H and O–H groups in total. The van der Waals surface area contributed by atoms with Gasteiger partial charge in [-0.05, 0) is 86.5 Å². The molecule has 3 atom stereocenters. The van der Waals surface area contributed by atoms with E-state index in [0.29, 0.717) is 6.42 Å². The number of carbonyl (C=O) groups excluding carboxylic acids is 3. The maximum absolute atomic E-state index is 13.4. The van der Waals surface area contributed by atoms with Gasteiger partial charge in [-0.15, -0.1) is 0 Å². The van der Waals surface area contributed by atoms with E-state index < -0.39 is 0 Å². The van der Waals surface area contributed by atoms with Crippen molar-refractivity contribution in [3.05, 3.63) is 64.8 Å². The molecule has 0 aromatic heterocycles. The number of Topliss-reactive ketones (excluding diaryl/α,β-unsaturated/α-hetero) is 3. The SMILES string of the molecule is CCC.CCCC(CC1CC(=O)c2c(ccc(C3=CC/C=C\C=C/CC3)c2C)C1)C(CC)C(=O)CC(C)=O. The van der Waals surface area contributed by atoms with E-state index in [0.717, 1.165) is 68.1 Å². The predicted octanol–water partition coefficient (Wildman–Crippen LogP) is 9.22. The van der Waals surface area contributed by atoms with Gasteiger partial charge in [0, 0.05) is 17.9 Å². The van der Waals surface area contributed by atoms with Gasteiger partial charge in [0.15, 0.2) is 5.78 Å². The van der Waals surface area contributed by atoms with Gasteiger partial charge in [-0.2, -0.15) is 0 Å². The van der Waals surface area contributed by atoms with Crippen LogP contribution in [0, 0.1) is 24.7 Å². The quantitative estimate of drug-likeness (QED) is 0.290. The topological polar surface area (TPSA) is 51.2 Å². The molecule has 38 heavy (non-hydrogen) atoms. The molecule has 3 nitrogen and oxygen atoms in total. The van der Waals surface area contributed by atoms with E-state index >= 15 is 0 Å². The molecule has 2 aliphatic rings. The van der Waals surface area contributed by atoms with E-state index in [4.69, 9.17) is 0 Å². The van der Waals surface area contributed by atoms with Crippen LogP contribution in [0.25, 0.3) is 5.57 Å². The lowest BCUT2D eigenvalue weighted by atomic mass is 9.71. The minimum atomic E-state index is -0.0853. The zero-order valence-corrected chi connectivity index (χ0v) is 24.8. The van der Waals surface area contributed by atoms with Crippen molar-refractivity contribution in [2.75, 3.05) is 0 Å². The van der Waals surface area contributed by atoms with E-state index in [1.165, 1.54) is 24.5 Å². The van der Waals surface area contributed by atoms with Gasteiger partial charge in [0.1, 0.15) is 11.6 Å². The molecular formula is C35H50O3. The van der Waals surface area contributed by atoms with Crippen LogP contribution in [0.4, 0.5) is 0 Å². The normalized spacial score (nSPS) is 20.3. The van der Waals surface area contributed by atoms with Crippen molar-refractivity contribution in [1.29, 1.82) is 0 Å². The molecule has 0 aliphatic heterocycles. The lowest BCUT2D eigenvalue weighted by molar-refractivity contribution is -0.129. The zero-order valence-electron chi connectivity index (χ0n) is 24.8. The number of ketones is 3. The number of allylic oxidation sites excluding steroid dienone is 6. The van der Waals surface area contributed by atoms with Gasteiger partial charge >= 0.3 is 0 Å². The Morgan fingerprint density at radius 3 is 2.39 bits per heavy atom. The van der Waals surface area contributed by atoms with Crippen molar-refractivity contribution in [2.45, 2.75) is 112 Å². The van der Waals surface area contributed by atoms with Crippen LogP contribution in [0.1, 0.15) is 126 Å². The van der Waals surface area contributed by atoms with E-state index in [1.807, 2.05) is 0 Å². The smallest absolute Gasteiger partial charge is 0.163 e. The van der Waals surface area contributed by atoms with Crippen LogP contribution in [0.3, 0.4) is 0 Å². The molecule has 0 bridgehead atoms. The number of hydrogen-bond donors (Lipinski definition) is 0. The fourth-order valence-electron chi connectivity index (χ4n) is 6.20. The minimum absolute atomic E-state index is 0.0363. The fraction of sp³-hybridized carbons (Fsp3) is 0.571. The maximum atomic E-state index is 13.4. The summed E-state index contributed by atoms with van der Waals surface area (Å²) in [7, 11) is 0. The summed E-state index contributed by atoms with van der Waals surface area (Å²) in [6.07, 6.45) is 20.1. The molecule has 3 heteroatoms. The molecule has 0 saturated heterocycles. The second-order valence-electron chi connectivity index (χ2n) is 11.2. The summed E-state index contributed by atoms with van der Waals surface area (Å²) in [5, 5.41) is 0. The largest absolute Gasteiger partial charge is 0.300 e. The van der Waals surface area contributed by atoms with Crippen LogP contribution >= 0.6 is 0 Å². The number of benzene rings is 1. The van der Waals surface area contributed by atoms with Gasteiger partial charge in [-0.3, -0.25) is 14.4 Å². The highest BCUT2D eigenvalue weighted by Crippen LogP contribution is 2.38. The Labute approximate surface area is 231 Å². The van der Waals surface area contributed by atoms with Crippen molar-refractivity contribution in [1.82, 2.24) is 0 Å². The van der Waals surface area contributed by atoms with E-state index in [2.05, 4.69) is 77.1 Å². The Morgan fingerprint density at radius 1 is 1.03 bits per heavy atom. The summed E-state index contributed by atoms with van der Waals surface area (Å²) in [4.78, 5) is 37.8. The van der Waals surface area contributed by atoms with Gasteiger partial charge in [-0.1, -0.05) is 89.5 Å². The molecule has 1 aromatic rings. The third-order valence-electron chi connectivity index (χ3n) is 7.76. The molecule has 3 rings (SSSR count). The molecule has 208 valence electrons. The highest BCUT2D eigenvalue weighted by atomic mass is 16.1. The Kier molecular flexibility index (Phi) is 13.7. The highest BCUT2D eigenvalue weighted by molar-refractivity contribution is 6.01. The van der Waals surface area contributed by atoms with Crippen molar-refractivity contribution in [3.8, 4) is 0 Å². The van der Waals surface area contributed by atoms with Crippen LogP contribution in [0.15, 0.2) is 42.5 Å². The zero-order chi connectivity index (χ0) is 28.1. The van der Waals surface area contributed by atoms with E-state index in [-0.39, 0.29) is 41.5 Å².